The molecule has 0 radical (unpaired) electrons. The van der Waals surface area contributed by atoms with Gasteiger partial charge in [-0.15, -0.1) is 0 Å². The SMILES string of the molecule is CCNC(=O)NC(C)c1ccccc1N. The molecule has 0 aliphatic carbocycles. The largest absolute Gasteiger partial charge is 0.398 e. The molecule has 0 spiro atoms. The number of nitrogens with two attached hydrogens (primary N) is 1. The maximum atomic E-state index is 11.3. The molecule has 1 atom stereocenters. The highest BCUT2D eigenvalue weighted by molar-refractivity contribution is 5.74. The van der Waals surface area contributed by atoms with Crippen LogP contribution >= 0.6 is 0 Å². The van der Waals surface area contributed by atoms with Gasteiger partial charge in [-0.1, -0.05) is 18.2 Å². The number of nitrogen functional groups attached to an aromatic ring is 1. The number of hydrogen-bond donors (Lipinski definition) is 3. The van der Waals surface area contributed by atoms with Gasteiger partial charge >= 0.3 is 6.03 Å². The summed E-state index contributed by atoms with van der Waals surface area (Å²) in [7, 11) is 0. The second-order valence-electron chi connectivity index (χ2n) is 3.35. The Morgan fingerprint density at radius 2 is 2.13 bits per heavy atom. The van der Waals surface area contributed by atoms with E-state index in [1.54, 1.807) is 0 Å². The van der Waals surface area contributed by atoms with Crippen molar-refractivity contribution in [2.24, 2.45) is 0 Å². The molecule has 0 heterocycles. The van der Waals surface area contributed by atoms with Crippen molar-refractivity contribution in [3.63, 3.8) is 0 Å². The van der Waals surface area contributed by atoms with E-state index in [0.717, 1.165) is 5.56 Å². The number of urea groups is 1. The van der Waals surface area contributed by atoms with E-state index < -0.39 is 0 Å². The molecule has 82 valence electrons. The Balaban J connectivity index is 2.65. The molecular weight excluding hydrogens is 190 g/mol. The minimum absolute atomic E-state index is 0.0854. The Hall–Kier alpha value is -1.71. The molecule has 4 heteroatoms. The maximum absolute atomic E-state index is 11.3. The van der Waals surface area contributed by atoms with Crippen LogP contribution in [0.2, 0.25) is 0 Å². The van der Waals surface area contributed by atoms with Gasteiger partial charge in [-0.2, -0.15) is 0 Å². The first-order chi connectivity index (χ1) is 7.15. The van der Waals surface area contributed by atoms with Crippen molar-refractivity contribution in [1.82, 2.24) is 10.6 Å². The van der Waals surface area contributed by atoms with E-state index in [1.165, 1.54) is 0 Å². The molecule has 1 aromatic rings. The van der Waals surface area contributed by atoms with Gasteiger partial charge in [0.25, 0.3) is 0 Å². The van der Waals surface area contributed by atoms with Crippen LogP contribution in [-0.2, 0) is 0 Å². The molecule has 4 N–H and O–H groups in total. The molecule has 0 bridgehead atoms. The highest BCUT2D eigenvalue weighted by Gasteiger charge is 2.10. The van der Waals surface area contributed by atoms with Crippen LogP contribution in [0.1, 0.15) is 25.5 Å². The molecule has 0 saturated heterocycles. The number of carbonyl (C=O) groups excluding carboxylic acids is 1. The Kier molecular flexibility index (Phi) is 3.97. The highest BCUT2D eigenvalue weighted by atomic mass is 16.2. The van der Waals surface area contributed by atoms with Gasteiger partial charge in [-0.25, -0.2) is 4.79 Å². The Morgan fingerprint density at radius 3 is 2.73 bits per heavy atom. The number of anilines is 1. The predicted molar refractivity (Wildman–Crippen MR) is 61.5 cm³/mol. The molecule has 15 heavy (non-hydrogen) atoms. The van der Waals surface area contributed by atoms with Gasteiger partial charge < -0.3 is 16.4 Å². The summed E-state index contributed by atoms with van der Waals surface area (Å²) in [5.41, 5.74) is 7.43. The fourth-order valence-electron chi connectivity index (χ4n) is 1.39. The number of para-hydroxylation sites is 1. The monoisotopic (exact) mass is 207 g/mol. The number of nitrogens with one attached hydrogen (secondary N) is 2. The number of benzene rings is 1. The molecule has 0 aromatic heterocycles. The predicted octanol–water partition coefficient (Wildman–Crippen LogP) is 1.65. The zero-order chi connectivity index (χ0) is 11.3. The van der Waals surface area contributed by atoms with E-state index in [1.807, 2.05) is 38.1 Å². The van der Waals surface area contributed by atoms with Crippen LogP contribution in [0.4, 0.5) is 10.5 Å². The maximum Gasteiger partial charge on any atom is 0.315 e. The third kappa shape index (κ3) is 3.16. The Bertz CT molecular complexity index is 338. The van der Waals surface area contributed by atoms with E-state index in [4.69, 9.17) is 5.73 Å². The summed E-state index contributed by atoms with van der Waals surface area (Å²) in [6.07, 6.45) is 0. The van der Waals surface area contributed by atoms with E-state index in [-0.39, 0.29) is 12.1 Å². The van der Waals surface area contributed by atoms with Gasteiger partial charge in [0.05, 0.1) is 6.04 Å². The van der Waals surface area contributed by atoms with E-state index in [2.05, 4.69) is 10.6 Å². The highest BCUT2D eigenvalue weighted by Crippen LogP contribution is 2.18. The summed E-state index contributed by atoms with van der Waals surface area (Å²) in [6, 6.07) is 7.25. The Morgan fingerprint density at radius 1 is 1.47 bits per heavy atom. The van der Waals surface area contributed by atoms with Crippen molar-refractivity contribution >= 4 is 11.7 Å². The van der Waals surface area contributed by atoms with Crippen LogP contribution < -0.4 is 16.4 Å². The molecule has 0 aliphatic rings. The molecule has 1 unspecified atom stereocenters. The van der Waals surface area contributed by atoms with Crippen LogP contribution in [0.25, 0.3) is 0 Å². The van der Waals surface area contributed by atoms with E-state index >= 15 is 0 Å². The average Bonchev–Trinajstić information content (AvgIpc) is 2.18. The van der Waals surface area contributed by atoms with Gasteiger partial charge in [0, 0.05) is 12.2 Å². The lowest BCUT2D eigenvalue weighted by molar-refractivity contribution is 0.238. The summed E-state index contributed by atoms with van der Waals surface area (Å²) >= 11 is 0. The minimum atomic E-state index is -0.173. The Labute approximate surface area is 89.9 Å². The van der Waals surface area contributed by atoms with Crippen LogP contribution in [0.15, 0.2) is 24.3 Å². The number of rotatable bonds is 3. The van der Waals surface area contributed by atoms with Gasteiger partial charge in [0.15, 0.2) is 0 Å². The van der Waals surface area contributed by atoms with Crippen molar-refractivity contribution in [2.75, 3.05) is 12.3 Å². The van der Waals surface area contributed by atoms with Gasteiger partial charge in [-0.05, 0) is 25.5 Å². The molecular formula is C11H17N3O. The number of carbonyl (C=O) groups is 1. The number of hydrogen-bond acceptors (Lipinski definition) is 2. The molecule has 1 rings (SSSR count). The van der Waals surface area contributed by atoms with Gasteiger partial charge in [0.2, 0.25) is 0 Å². The number of amides is 2. The lowest BCUT2D eigenvalue weighted by atomic mass is 10.1. The summed E-state index contributed by atoms with van der Waals surface area (Å²) < 4.78 is 0. The van der Waals surface area contributed by atoms with Crippen molar-refractivity contribution in [1.29, 1.82) is 0 Å². The van der Waals surface area contributed by atoms with E-state index in [0.29, 0.717) is 12.2 Å². The summed E-state index contributed by atoms with van der Waals surface area (Å²) in [5.74, 6) is 0. The van der Waals surface area contributed by atoms with Gasteiger partial charge in [-0.3, -0.25) is 0 Å². The van der Waals surface area contributed by atoms with Crippen molar-refractivity contribution in [2.45, 2.75) is 19.9 Å². The van der Waals surface area contributed by atoms with E-state index in [9.17, 15) is 4.79 Å². The van der Waals surface area contributed by atoms with Crippen molar-refractivity contribution in [3.05, 3.63) is 29.8 Å². The molecule has 2 amide bonds. The van der Waals surface area contributed by atoms with Crippen molar-refractivity contribution in [3.8, 4) is 0 Å². The third-order valence-corrected chi connectivity index (χ3v) is 2.15. The normalized spacial score (nSPS) is 11.9. The second-order valence-corrected chi connectivity index (χ2v) is 3.35. The van der Waals surface area contributed by atoms with Crippen LogP contribution in [0.5, 0.6) is 0 Å². The average molecular weight is 207 g/mol. The first kappa shape index (κ1) is 11.4. The quantitative estimate of drug-likeness (QED) is 0.660. The van der Waals surface area contributed by atoms with Crippen LogP contribution in [-0.4, -0.2) is 12.6 Å². The minimum Gasteiger partial charge on any atom is -0.398 e. The second kappa shape index (κ2) is 5.24. The zero-order valence-electron chi connectivity index (χ0n) is 9.08. The van der Waals surface area contributed by atoms with Gasteiger partial charge in [0.1, 0.15) is 0 Å². The lowest BCUT2D eigenvalue weighted by Gasteiger charge is -2.16. The fraction of sp³-hybridized carbons (Fsp3) is 0.364. The molecule has 0 fully saturated rings. The molecule has 0 saturated carbocycles. The lowest BCUT2D eigenvalue weighted by Crippen LogP contribution is -2.36. The van der Waals surface area contributed by atoms with Crippen LogP contribution in [0, 0.1) is 0 Å². The standard InChI is InChI=1S/C11H17N3O/c1-3-13-11(15)14-8(2)9-6-4-5-7-10(9)12/h4-8H,3,12H2,1-2H3,(H2,13,14,15). The first-order valence-corrected chi connectivity index (χ1v) is 5.04. The zero-order valence-corrected chi connectivity index (χ0v) is 9.08. The molecule has 1 aromatic carbocycles. The molecule has 0 aliphatic heterocycles. The van der Waals surface area contributed by atoms with Crippen molar-refractivity contribution < 1.29 is 4.79 Å². The van der Waals surface area contributed by atoms with Crippen LogP contribution in [0.3, 0.4) is 0 Å². The molecule has 4 nitrogen and oxygen atoms in total. The topological polar surface area (TPSA) is 67.2 Å². The third-order valence-electron chi connectivity index (χ3n) is 2.15. The summed E-state index contributed by atoms with van der Waals surface area (Å²) in [5, 5.41) is 5.48. The summed E-state index contributed by atoms with van der Waals surface area (Å²) in [4.78, 5) is 11.3. The smallest absolute Gasteiger partial charge is 0.315 e. The summed E-state index contributed by atoms with van der Waals surface area (Å²) in [6.45, 7) is 4.39. The first-order valence-electron chi connectivity index (χ1n) is 5.04. The fourth-order valence-corrected chi connectivity index (χ4v) is 1.39.